The van der Waals surface area contributed by atoms with Crippen LogP contribution in [0.3, 0.4) is 0 Å². The predicted octanol–water partition coefficient (Wildman–Crippen LogP) is 3.72. The highest BCUT2D eigenvalue weighted by Gasteiger charge is 2.05. The van der Waals surface area contributed by atoms with Crippen LogP contribution in [0.2, 0.25) is 5.02 Å². The molecular formula is C12H14BrClN4. The van der Waals surface area contributed by atoms with Gasteiger partial charge in [0.25, 0.3) is 0 Å². The van der Waals surface area contributed by atoms with Gasteiger partial charge in [0.15, 0.2) is 0 Å². The molecule has 0 spiro atoms. The Morgan fingerprint density at radius 2 is 2.28 bits per heavy atom. The summed E-state index contributed by atoms with van der Waals surface area (Å²) >= 11 is 9.37. The lowest BCUT2D eigenvalue weighted by molar-refractivity contribution is 0.574. The van der Waals surface area contributed by atoms with Gasteiger partial charge in [-0.2, -0.15) is 5.10 Å². The lowest BCUT2D eigenvalue weighted by Crippen LogP contribution is -2.10. The molecule has 4 nitrogen and oxygen atoms in total. The van der Waals surface area contributed by atoms with Gasteiger partial charge < -0.3 is 5.32 Å². The van der Waals surface area contributed by atoms with Crippen molar-refractivity contribution in [1.82, 2.24) is 14.8 Å². The summed E-state index contributed by atoms with van der Waals surface area (Å²) in [5.41, 5.74) is 0.991. The van der Waals surface area contributed by atoms with Crippen molar-refractivity contribution in [2.24, 2.45) is 0 Å². The number of halogens is 2. The van der Waals surface area contributed by atoms with Crippen LogP contribution in [0.15, 0.2) is 29.0 Å². The van der Waals surface area contributed by atoms with E-state index in [2.05, 4.69) is 38.3 Å². The third-order valence-electron chi connectivity index (χ3n) is 2.50. The van der Waals surface area contributed by atoms with Crippen LogP contribution >= 0.6 is 27.5 Å². The zero-order chi connectivity index (χ0) is 13.0. The summed E-state index contributed by atoms with van der Waals surface area (Å²) in [5.74, 6) is 0.929. The van der Waals surface area contributed by atoms with Crippen LogP contribution in [-0.4, -0.2) is 14.8 Å². The second-order valence-electron chi connectivity index (χ2n) is 3.88. The normalized spacial score (nSPS) is 10.6. The molecule has 0 saturated heterocycles. The van der Waals surface area contributed by atoms with Crippen molar-refractivity contribution < 1.29 is 0 Å². The molecule has 2 aromatic rings. The Labute approximate surface area is 119 Å². The second-order valence-corrected chi connectivity index (χ2v) is 5.17. The van der Waals surface area contributed by atoms with Gasteiger partial charge in [-0.25, -0.2) is 9.67 Å². The second kappa shape index (κ2) is 6.20. The first kappa shape index (κ1) is 13.4. The van der Waals surface area contributed by atoms with E-state index in [9.17, 15) is 0 Å². The monoisotopic (exact) mass is 328 g/mol. The van der Waals surface area contributed by atoms with Crippen molar-refractivity contribution in [1.29, 1.82) is 0 Å². The van der Waals surface area contributed by atoms with Gasteiger partial charge in [0.1, 0.15) is 12.2 Å². The lowest BCUT2D eigenvalue weighted by atomic mass is 10.3. The highest BCUT2D eigenvalue weighted by Crippen LogP contribution is 2.26. The fourth-order valence-electron chi connectivity index (χ4n) is 1.63. The third kappa shape index (κ3) is 3.23. The molecule has 1 N–H and O–H groups in total. The Morgan fingerprint density at radius 3 is 3.00 bits per heavy atom. The minimum Gasteiger partial charge on any atom is -0.377 e. The van der Waals surface area contributed by atoms with Crippen LogP contribution in [0.25, 0.3) is 0 Å². The Balaban J connectivity index is 2.04. The molecule has 0 atom stereocenters. The number of nitrogens with zero attached hydrogens (tertiary/aromatic N) is 3. The van der Waals surface area contributed by atoms with Gasteiger partial charge in [-0.1, -0.05) is 18.5 Å². The van der Waals surface area contributed by atoms with Gasteiger partial charge in [-0.3, -0.25) is 0 Å². The van der Waals surface area contributed by atoms with Crippen molar-refractivity contribution in [3.05, 3.63) is 39.8 Å². The average molecular weight is 330 g/mol. The molecule has 6 heteroatoms. The highest BCUT2D eigenvalue weighted by molar-refractivity contribution is 9.10. The summed E-state index contributed by atoms with van der Waals surface area (Å²) in [6, 6.07) is 5.65. The molecule has 0 unspecified atom stereocenters. The zero-order valence-electron chi connectivity index (χ0n) is 10.0. The molecule has 0 bridgehead atoms. The fourth-order valence-corrected chi connectivity index (χ4v) is 2.45. The average Bonchev–Trinajstić information content (AvgIpc) is 2.76. The number of hydrogen-bond donors (Lipinski definition) is 1. The summed E-state index contributed by atoms with van der Waals surface area (Å²) in [7, 11) is 0. The SMILES string of the molecule is CCCn1ncnc1CNc1ccc(Cl)cc1Br. The largest absolute Gasteiger partial charge is 0.377 e. The van der Waals surface area contributed by atoms with E-state index in [0.29, 0.717) is 11.6 Å². The highest BCUT2D eigenvalue weighted by atomic mass is 79.9. The first-order chi connectivity index (χ1) is 8.70. The summed E-state index contributed by atoms with van der Waals surface area (Å²) in [4.78, 5) is 4.25. The van der Waals surface area contributed by atoms with Gasteiger partial charge in [0.2, 0.25) is 0 Å². The van der Waals surface area contributed by atoms with E-state index in [1.165, 1.54) is 0 Å². The molecule has 18 heavy (non-hydrogen) atoms. The van der Waals surface area contributed by atoms with Crippen LogP contribution in [0.1, 0.15) is 19.2 Å². The maximum atomic E-state index is 5.90. The van der Waals surface area contributed by atoms with Gasteiger partial charge in [0, 0.05) is 21.7 Å². The maximum Gasteiger partial charge on any atom is 0.146 e. The van der Waals surface area contributed by atoms with Crippen molar-refractivity contribution in [3.8, 4) is 0 Å². The molecule has 0 saturated carbocycles. The zero-order valence-corrected chi connectivity index (χ0v) is 12.4. The molecule has 0 amide bonds. The smallest absolute Gasteiger partial charge is 0.146 e. The molecule has 1 heterocycles. The van der Waals surface area contributed by atoms with Gasteiger partial charge in [0.05, 0.1) is 6.54 Å². The molecule has 0 fully saturated rings. The Hall–Kier alpha value is -1.07. The van der Waals surface area contributed by atoms with Gasteiger partial charge in [-0.05, 0) is 40.5 Å². The predicted molar refractivity (Wildman–Crippen MR) is 76.8 cm³/mol. The maximum absolute atomic E-state index is 5.90. The van der Waals surface area contributed by atoms with Crippen LogP contribution in [0.4, 0.5) is 5.69 Å². The van der Waals surface area contributed by atoms with E-state index >= 15 is 0 Å². The summed E-state index contributed by atoms with van der Waals surface area (Å²) in [6.45, 7) is 3.65. The van der Waals surface area contributed by atoms with Crippen LogP contribution in [-0.2, 0) is 13.1 Å². The first-order valence-corrected chi connectivity index (χ1v) is 6.93. The molecule has 0 aliphatic heterocycles. The molecule has 0 aliphatic carbocycles. The number of aromatic nitrogens is 3. The number of anilines is 1. The molecule has 0 aliphatic rings. The lowest BCUT2D eigenvalue weighted by Gasteiger charge is -2.09. The van der Waals surface area contributed by atoms with Crippen molar-refractivity contribution >= 4 is 33.2 Å². The van der Waals surface area contributed by atoms with E-state index in [4.69, 9.17) is 11.6 Å². The van der Waals surface area contributed by atoms with Crippen molar-refractivity contribution in [2.75, 3.05) is 5.32 Å². The Kier molecular flexibility index (Phi) is 4.60. The van der Waals surface area contributed by atoms with E-state index in [1.54, 1.807) is 6.33 Å². The van der Waals surface area contributed by atoms with Crippen molar-refractivity contribution in [3.63, 3.8) is 0 Å². The first-order valence-electron chi connectivity index (χ1n) is 5.76. The van der Waals surface area contributed by atoms with E-state index in [1.807, 2.05) is 22.9 Å². The van der Waals surface area contributed by atoms with E-state index in [0.717, 1.165) is 29.0 Å². The Bertz CT molecular complexity index is 527. The third-order valence-corrected chi connectivity index (χ3v) is 3.39. The molecule has 0 radical (unpaired) electrons. The topological polar surface area (TPSA) is 42.7 Å². The van der Waals surface area contributed by atoms with E-state index in [-0.39, 0.29) is 0 Å². The minimum atomic E-state index is 0.639. The molecule has 1 aromatic carbocycles. The summed E-state index contributed by atoms with van der Waals surface area (Å²) < 4.78 is 2.85. The summed E-state index contributed by atoms with van der Waals surface area (Å²) in [6.07, 6.45) is 2.63. The Morgan fingerprint density at radius 1 is 1.44 bits per heavy atom. The molecule has 96 valence electrons. The number of hydrogen-bond acceptors (Lipinski definition) is 3. The van der Waals surface area contributed by atoms with Crippen LogP contribution in [0.5, 0.6) is 0 Å². The number of nitrogens with one attached hydrogen (secondary N) is 1. The van der Waals surface area contributed by atoms with Crippen molar-refractivity contribution in [2.45, 2.75) is 26.4 Å². The molecule has 1 aromatic heterocycles. The number of rotatable bonds is 5. The molecular weight excluding hydrogens is 316 g/mol. The molecule has 2 rings (SSSR count). The van der Waals surface area contributed by atoms with E-state index < -0.39 is 0 Å². The number of aryl methyl sites for hydroxylation is 1. The van der Waals surface area contributed by atoms with Gasteiger partial charge in [-0.15, -0.1) is 0 Å². The fraction of sp³-hybridized carbons (Fsp3) is 0.333. The quantitative estimate of drug-likeness (QED) is 0.909. The van der Waals surface area contributed by atoms with Gasteiger partial charge >= 0.3 is 0 Å². The number of benzene rings is 1. The summed E-state index contributed by atoms with van der Waals surface area (Å²) in [5, 5.41) is 8.21. The van der Waals surface area contributed by atoms with Crippen LogP contribution < -0.4 is 5.32 Å². The van der Waals surface area contributed by atoms with Crippen LogP contribution in [0, 0.1) is 0 Å². The standard InChI is InChI=1S/C12H14BrClN4/c1-2-5-18-12(16-8-17-18)7-15-11-4-3-9(14)6-10(11)13/h3-4,6,8,15H,2,5,7H2,1H3. The minimum absolute atomic E-state index is 0.639.